The number of aliphatic hydroxyl groups is 1. The maximum absolute atomic E-state index is 12.7. The fourth-order valence-electron chi connectivity index (χ4n) is 3.90. The van der Waals surface area contributed by atoms with E-state index in [-0.39, 0.29) is 11.9 Å². The molecule has 1 aliphatic rings. The molecule has 4 rings (SSSR count). The van der Waals surface area contributed by atoms with Crippen LogP contribution in [0.3, 0.4) is 0 Å². The average molecular weight is 425 g/mol. The summed E-state index contributed by atoms with van der Waals surface area (Å²) in [7, 11) is 1.90. The summed E-state index contributed by atoms with van der Waals surface area (Å²) in [6.45, 7) is 1.80. The summed E-state index contributed by atoms with van der Waals surface area (Å²) in [6, 6.07) is 11.7. The number of hydrogen-bond acceptors (Lipinski definition) is 4. The van der Waals surface area contributed by atoms with Gasteiger partial charge >= 0.3 is 0 Å². The molecule has 0 bridgehead atoms. The molecule has 0 saturated heterocycles. The van der Waals surface area contributed by atoms with E-state index in [0.29, 0.717) is 22.8 Å². The predicted molar refractivity (Wildman–Crippen MR) is 117 cm³/mol. The van der Waals surface area contributed by atoms with E-state index in [4.69, 9.17) is 11.6 Å². The van der Waals surface area contributed by atoms with Crippen molar-refractivity contribution in [2.45, 2.75) is 44.8 Å². The zero-order valence-electron chi connectivity index (χ0n) is 17.1. The third-order valence-electron chi connectivity index (χ3n) is 5.59. The molecule has 6 nitrogen and oxygen atoms in total. The third kappa shape index (κ3) is 4.40. The number of pyridine rings is 1. The SMILES string of the molecule is Cc1nc(C(=O)N[C@H]2CCC[C@@H]2O)cc(Cc2ccc(-c3ccn(C)n3)cc2)c1Cl. The molecule has 1 saturated carbocycles. The van der Waals surface area contributed by atoms with Crippen molar-refractivity contribution in [3.05, 3.63) is 70.1 Å². The minimum absolute atomic E-state index is 0.210. The minimum Gasteiger partial charge on any atom is -0.391 e. The maximum atomic E-state index is 12.7. The molecular weight excluding hydrogens is 400 g/mol. The van der Waals surface area contributed by atoms with Crippen LogP contribution in [0.5, 0.6) is 0 Å². The number of carbonyl (C=O) groups is 1. The number of nitrogens with zero attached hydrogens (tertiary/aromatic N) is 3. The standard InChI is InChI=1S/C23H25ClN4O2/c1-14-22(24)17(13-20(25-14)23(30)26-19-4-3-5-21(19)29)12-15-6-8-16(9-7-15)18-10-11-28(2)27-18/h6-11,13,19,21,29H,3-5,12H2,1-2H3,(H,26,30)/t19-,21-/m0/s1. The van der Waals surface area contributed by atoms with Crippen LogP contribution in [-0.4, -0.2) is 37.9 Å². The zero-order valence-corrected chi connectivity index (χ0v) is 17.9. The molecule has 2 atom stereocenters. The second kappa shape index (κ2) is 8.58. The lowest BCUT2D eigenvalue weighted by Crippen LogP contribution is -2.40. The van der Waals surface area contributed by atoms with Gasteiger partial charge in [0.05, 0.1) is 28.6 Å². The van der Waals surface area contributed by atoms with E-state index < -0.39 is 6.10 Å². The first kappa shape index (κ1) is 20.6. The molecule has 30 heavy (non-hydrogen) atoms. The third-order valence-corrected chi connectivity index (χ3v) is 6.10. The smallest absolute Gasteiger partial charge is 0.270 e. The summed E-state index contributed by atoms with van der Waals surface area (Å²) in [5, 5.41) is 17.9. The summed E-state index contributed by atoms with van der Waals surface area (Å²) >= 11 is 6.50. The van der Waals surface area contributed by atoms with Crippen molar-refractivity contribution < 1.29 is 9.90 Å². The summed E-state index contributed by atoms with van der Waals surface area (Å²) in [5.74, 6) is -0.271. The number of hydrogen-bond donors (Lipinski definition) is 2. The monoisotopic (exact) mass is 424 g/mol. The second-order valence-electron chi connectivity index (χ2n) is 7.89. The molecule has 0 aliphatic heterocycles. The molecule has 0 radical (unpaired) electrons. The molecule has 2 N–H and O–H groups in total. The molecule has 7 heteroatoms. The fraction of sp³-hybridized carbons (Fsp3) is 0.348. The summed E-state index contributed by atoms with van der Waals surface area (Å²) in [6.07, 6.45) is 4.45. The topological polar surface area (TPSA) is 80.0 Å². The Morgan fingerprint density at radius 1 is 1.27 bits per heavy atom. The Hall–Kier alpha value is -2.70. The van der Waals surface area contributed by atoms with Crippen LogP contribution in [0, 0.1) is 6.92 Å². The van der Waals surface area contributed by atoms with Gasteiger partial charge in [0.2, 0.25) is 0 Å². The number of aryl methyl sites for hydroxylation is 2. The predicted octanol–water partition coefficient (Wildman–Crippen LogP) is 3.68. The van der Waals surface area contributed by atoms with Crippen LogP contribution >= 0.6 is 11.6 Å². The van der Waals surface area contributed by atoms with Crippen LogP contribution in [0.25, 0.3) is 11.3 Å². The number of carbonyl (C=O) groups excluding carboxylic acids is 1. The lowest BCUT2D eigenvalue weighted by Gasteiger charge is -2.17. The van der Waals surface area contributed by atoms with Crippen molar-refractivity contribution in [2.75, 3.05) is 0 Å². The van der Waals surface area contributed by atoms with Gasteiger partial charge in [-0.15, -0.1) is 0 Å². The number of aromatic nitrogens is 3. The van der Waals surface area contributed by atoms with Crippen molar-refractivity contribution in [1.82, 2.24) is 20.1 Å². The Morgan fingerprint density at radius 2 is 2.03 bits per heavy atom. The molecule has 1 amide bonds. The molecule has 0 spiro atoms. The molecule has 2 heterocycles. The summed E-state index contributed by atoms with van der Waals surface area (Å²) < 4.78 is 1.78. The van der Waals surface area contributed by atoms with Gasteiger partial charge in [-0.25, -0.2) is 4.98 Å². The van der Waals surface area contributed by atoms with Crippen LogP contribution in [0.2, 0.25) is 5.02 Å². The van der Waals surface area contributed by atoms with Crippen LogP contribution in [0.1, 0.15) is 46.6 Å². The van der Waals surface area contributed by atoms with Gasteiger partial charge in [-0.3, -0.25) is 9.48 Å². The Labute approximate surface area is 180 Å². The van der Waals surface area contributed by atoms with E-state index in [1.165, 1.54) is 0 Å². The van der Waals surface area contributed by atoms with Crippen molar-refractivity contribution in [1.29, 1.82) is 0 Å². The van der Waals surface area contributed by atoms with Gasteiger partial charge in [0.15, 0.2) is 0 Å². The molecule has 2 aromatic heterocycles. The number of rotatable bonds is 5. The Balaban J connectivity index is 1.53. The summed E-state index contributed by atoms with van der Waals surface area (Å²) in [5.41, 5.74) is 4.86. The van der Waals surface area contributed by atoms with Gasteiger partial charge in [0.25, 0.3) is 5.91 Å². The van der Waals surface area contributed by atoms with Crippen LogP contribution in [-0.2, 0) is 13.5 Å². The van der Waals surface area contributed by atoms with E-state index >= 15 is 0 Å². The number of aliphatic hydroxyl groups excluding tert-OH is 1. The van der Waals surface area contributed by atoms with E-state index in [1.54, 1.807) is 17.7 Å². The summed E-state index contributed by atoms with van der Waals surface area (Å²) in [4.78, 5) is 17.0. The fourth-order valence-corrected chi connectivity index (χ4v) is 4.06. The number of nitrogens with one attached hydrogen (secondary N) is 1. The van der Waals surface area contributed by atoms with Crippen LogP contribution in [0.4, 0.5) is 0 Å². The molecule has 1 aromatic carbocycles. The van der Waals surface area contributed by atoms with Gasteiger partial charge in [-0.1, -0.05) is 35.9 Å². The average Bonchev–Trinajstić information content (AvgIpc) is 3.34. The van der Waals surface area contributed by atoms with E-state index in [1.807, 2.05) is 43.6 Å². The first-order chi connectivity index (χ1) is 14.4. The lowest BCUT2D eigenvalue weighted by atomic mass is 10.0. The van der Waals surface area contributed by atoms with E-state index in [9.17, 15) is 9.90 Å². The van der Waals surface area contributed by atoms with E-state index in [0.717, 1.165) is 41.6 Å². The highest BCUT2D eigenvalue weighted by molar-refractivity contribution is 6.32. The number of halogens is 1. The van der Waals surface area contributed by atoms with Gasteiger partial charge in [-0.05, 0) is 55.9 Å². The van der Waals surface area contributed by atoms with Crippen LogP contribution in [0.15, 0.2) is 42.6 Å². The highest BCUT2D eigenvalue weighted by atomic mass is 35.5. The maximum Gasteiger partial charge on any atom is 0.270 e. The molecule has 0 unspecified atom stereocenters. The molecule has 3 aromatic rings. The first-order valence-electron chi connectivity index (χ1n) is 10.1. The second-order valence-corrected chi connectivity index (χ2v) is 8.27. The lowest BCUT2D eigenvalue weighted by molar-refractivity contribution is 0.0868. The van der Waals surface area contributed by atoms with Gasteiger partial charge in [0.1, 0.15) is 5.69 Å². The molecule has 1 fully saturated rings. The number of benzene rings is 1. The Morgan fingerprint density at radius 3 is 2.67 bits per heavy atom. The van der Waals surface area contributed by atoms with Crippen molar-refractivity contribution in [3.8, 4) is 11.3 Å². The van der Waals surface area contributed by atoms with Crippen molar-refractivity contribution in [2.24, 2.45) is 7.05 Å². The molecule has 1 aliphatic carbocycles. The Bertz CT molecular complexity index is 1060. The quantitative estimate of drug-likeness (QED) is 0.654. The zero-order chi connectivity index (χ0) is 21.3. The minimum atomic E-state index is -0.487. The highest BCUT2D eigenvalue weighted by Crippen LogP contribution is 2.25. The number of amides is 1. The van der Waals surface area contributed by atoms with Gasteiger partial charge in [0, 0.05) is 18.8 Å². The Kier molecular flexibility index (Phi) is 5.88. The first-order valence-corrected chi connectivity index (χ1v) is 10.5. The van der Waals surface area contributed by atoms with E-state index in [2.05, 4.69) is 15.4 Å². The van der Waals surface area contributed by atoms with Crippen LogP contribution < -0.4 is 5.32 Å². The normalized spacial score (nSPS) is 18.5. The van der Waals surface area contributed by atoms with Gasteiger partial charge < -0.3 is 10.4 Å². The largest absolute Gasteiger partial charge is 0.391 e. The van der Waals surface area contributed by atoms with Gasteiger partial charge in [-0.2, -0.15) is 5.10 Å². The van der Waals surface area contributed by atoms with Crippen molar-refractivity contribution >= 4 is 17.5 Å². The molecule has 156 valence electrons. The molecular formula is C23H25ClN4O2. The highest BCUT2D eigenvalue weighted by Gasteiger charge is 2.27. The van der Waals surface area contributed by atoms with Crippen molar-refractivity contribution in [3.63, 3.8) is 0 Å².